The van der Waals surface area contributed by atoms with Crippen LogP contribution in [0.25, 0.3) is 11.0 Å². The number of nitrogens with one attached hydrogen (secondary N) is 1. The standard InChI is InChI=1S/C25H26F2N8O/c1-15-11-28-25(29-12-15)34-8-6-17(7-9-34)35-13-19(27)21-22(30-14-31-23(21)35)32-20-5-4-16(10-18(20)26)24(36)33(2)3/h4-5,10-14,17H,6-9H2,1-3H3,(H,30,31,32). The van der Waals surface area contributed by atoms with Crippen molar-refractivity contribution >= 4 is 34.4 Å². The summed E-state index contributed by atoms with van der Waals surface area (Å²) in [5.74, 6) is -0.589. The summed E-state index contributed by atoms with van der Waals surface area (Å²) in [4.78, 5) is 32.9. The second-order valence-corrected chi connectivity index (χ2v) is 9.10. The predicted octanol–water partition coefficient (Wildman–Crippen LogP) is 4.09. The number of rotatable bonds is 5. The number of benzene rings is 1. The quantitative estimate of drug-likeness (QED) is 0.449. The summed E-state index contributed by atoms with van der Waals surface area (Å²) in [5.41, 5.74) is 1.75. The third-order valence-corrected chi connectivity index (χ3v) is 6.35. The van der Waals surface area contributed by atoms with Gasteiger partial charge in [-0.2, -0.15) is 0 Å². The average molecular weight is 493 g/mol. The normalized spacial score (nSPS) is 14.3. The van der Waals surface area contributed by atoms with Crippen LogP contribution in [-0.4, -0.2) is 62.5 Å². The Labute approximate surface area is 206 Å². The smallest absolute Gasteiger partial charge is 0.253 e. The Balaban J connectivity index is 1.38. The Morgan fingerprint density at radius 3 is 2.44 bits per heavy atom. The minimum atomic E-state index is -0.639. The molecule has 0 atom stereocenters. The van der Waals surface area contributed by atoms with Crippen LogP contribution in [-0.2, 0) is 0 Å². The first-order chi connectivity index (χ1) is 17.3. The van der Waals surface area contributed by atoms with Crippen LogP contribution in [0.15, 0.2) is 43.1 Å². The molecule has 1 saturated heterocycles. The first-order valence-corrected chi connectivity index (χ1v) is 11.6. The van der Waals surface area contributed by atoms with Crippen LogP contribution >= 0.6 is 0 Å². The highest BCUT2D eigenvalue weighted by atomic mass is 19.1. The molecule has 0 aliphatic carbocycles. The fourth-order valence-electron chi connectivity index (χ4n) is 4.44. The van der Waals surface area contributed by atoms with Gasteiger partial charge in [0.1, 0.15) is 23.6 Å². The van der Waals surface area contributed by atoms with E-state index in [4.69, 9.17) is 0 Å². The summed E-state index contributed by atoms with van der Waals surface area (Å²) in [7, 11) is 3.19. The van der Waals surface area contributed by atoms with Gasteiger partial charge in [-0.15, -0.1) is 0 Å². The second-order valence-electron chi connectivity index (χ2n) is 9.10. The lowest BCUT2D eigenvalue weighted by Gasteiger charge is -2.32. The maximum Gasteiger partial charge on any atom is 0.253 e. The molecule has 36 heavy (non-hydrogen) atoms. The zero-order chi connectivity index (χ0) is 25.4. The van der Waals surface area contributed by atoms with Crippen LogP contribution in [0.5, 0.6) is 0 Å². The number of amides is 1. The van der Waals surface area contributed by atoms with Gasteiger partial charge in [-0.1, -0.05) is 0 Å². The van der Waals surface area contributed by atoms with Crippen LogP contribution < -0.4 is 10.2 Å². The molecule has 1 N–H and O–H groups in total. The zero-order valence-electron chi connectivity index (χ0n) is 20.2. The van der Waals surface area contributed by atoms with Crippen LogP contribution in [0.4, 0.5) is 26.2 Å². The summed E-state index contributed by atoms with van der Waals surface area (Å²) in [6, 6.07) is 4.14. The topological polar surface area (TPSA) is 92.1 Å². The van der Waals surface area contributed by atoms with Gasteiger partial charge in [0.15, 0.2) is 5.82 Å². The highest BCUT2D eigenvalue weighted by Gasteiger charge is 2.26. The lowest BCUT2D eigenvalue weighted by Crippen LogP contribution is -2.35. The lowest BCUT2D eigenvalue weighted by atomic mass is 10.1. The number of carbonyl (C=O) groups is 1. The number of halogens is 2. The van der Waals surface area contributed by atoms with E-state index in [0.29, 0.717) is 11.6 Å². The van der Waals surface area contributed by atoms with Crippen molar-refractivity contribution in [3.8, 4) is 0 Å². The van der Waals surface area contributed by atoms with E-state index in [1.807, 2.05) is 11.5 Å². The molecule has 5 rings (SSSR count). The average Bonchev–Trinajstić information content (AvgIpc) is 3.22. The van der Waals surface area contributed by atoms with Gasteiger partial charge in [-0.05, 0) is 43.5 Å². The monoisotopic (exact) mass is 492 g/mol. The third-order valence-electron chi connectivity index (χ3n) is 6.35. The van der Waals surface area contributed by atoms with E-state index < -0.39 is 11.6 Å². The molecular weight excluding hydrogens is 466 g/mol. The SMILES string of the molecule is Cc1cnc(N2CCC(n3cc(F)c4c(Nc5ccc(C(=O)N(C)C)cc5F)ncnc43)CC2)nc1. The van der Waals surface area contributed by atoms with E-state index in [0.717, 1.165) is 37.6 Å². The number of hydrogen-bond acceptors (Lipinski definition) is 7. The van der Waals surface area contributed by atoms with Crippen molar-refractivity contribution in [2.45, 2.75) is 25.8 Å². The fourth-order valence-corrected chi connectivity index (χ4v) is 4.44. The van der Waals surface area contributed by atoms with E-state index in [2.05, 4.69) is 30.2 Å². The fraction of sp³-hybridized carbons (Fsp3) is 0.320. The summed E-state index contributed by atoms with van der Waals surface area (Å²) in [6.07, 6.45) is 7.89. The van der Waals surface area contributed by atoms with Crippen LogP contribution in [0.3, 0.4) is 0 Å². The Kier molecular flexibility index (Phi) is 6.21. The highest BCUT2D eigenvalue weighted by Crippen LogP contribution is 2.33. The number of nitrogens with zero attached hydrogens (tertiary/aromatic N) is 7. The molecule has 1 fully saturated rings. The number of anilines is 3. The van der Waals surface area contributed by atoms with Crippen molar-refractivity contribution in [2.24, 2.45) is 0 Å². The number of carbonyl (C=O) groups excluding carboxylic acids is 1. The predicted molar refractivity (Wildman–Crippen MR) is 132 cm³/mol. The summed E-state index contributed by atoms with van der Waals surface area (Å²) in [5, 5.41) is 3.06. The van der Waals surface area contributed by atoms with Crippen molar-refractivity contribution < 1.29 is 13.6 Å². The molecule has 1 aliphatic heterocycles. The second kappa shape index (κ2) is 9.48. The maximum absolute atomic E-state index is 15.1. The van der Waals surface area contributed by atoms with Gasteiger partial charge >= 0.3 is 0 Å². The molecule has 11 heteroatoms. The van der Waals surface area contributed by atoms with Crippen LogP contribution in [0.1, 0.15) is 34.8 Å². The Hall–Kier alpha value is -4.15. The molecule has 4 aromatic rings. The third kappa shape index (κ3) is 4.43. The van der Waals surface area contributed by atoms with Crippen LogP contribution in [0.2, 0.25) is 0 Å². The molecular formula is C25H26F2N8O. The number of hydrogen-bond donors (Lipinski definition) is 1. The first kappa shape index (κ1) is 23.6. The number of piperidine rings is 1. The Morgan fingerprint density at radius 2 is 1.78 bits per heavy atom. The summed E-state index contributed by atoms with van der Waals surface area (Å²) >= 11 is 0. The molecule has 1 aliphatic rings. The highest BCUT2D eigenvalue weighted by molar-refractivity contribution is 5.95. The summed E-state index contributed by atoms with van der Waals surface area (Å²) < 4.78 is 31.7. The van der Waals surface area contributed by atoms with E-state index >= 15 is 4.39 Å². The largest absolute Gasteiger partial charge is 0.345 e. The molecule has 0 unspecified atom stereocenters. The number of aryl methyl sites for hydroxylation is 1. The molecule has 0 bridgehead atoms. The molecule has 186 valence electrons. The lowest BCUT2D eigenvalue weighted by molar-refractivity contribution is 0.0827. The molecule has 0 saturated carbocycles. The first-order valence-electron chi connectivity index (χ1n) is 11.6. The van der Waals surface area contributed by atoms with Crippen molar-refractivity contribution in [1.82, 2.24) is 29.4 Å². The molecule has 1 aromatic carbocycles. The molecule has 3 aromatic heterocycles. The van der Waals surface area contributed by atoms with E-state index in [1.54, 1.807) is 26.5 Å². The molecule has 0 spiro atoms. The summed E-state index contributed by atoms with van der Waals surface area (Å²) in [6.45, 7) is 3.41. The minimum absolute atomic E-state index is 0.0366. The molecule has 4 heterocycles. The van der Waals surface area contributed by atoms with Gasteiger partial charge in [0.2, 0.25) is 5.95 Å². The van der Waals surface area contributed by atoms with Gasteiger partial charge in [-0.3, -0.25) is 4.79 Å². The number of aromatic nitrogens is 5. The van der Waals surface area contributed by atoms with Crippen molar-refractivity contribution in [1.29, 1.82) is 0 Å². The Morgan fingerprint density at radius 1 is 1.06 bits per heavy atom. The molecule has 1 amide bonds. The van der Waals surface area contributed by atoms with E-state index in [1.165, 1.54) is 29.6 Å². The van der Waals surface area contributed by atoms with Gasteiger partial charge < -0.3 is 19.7 Å². The van der Waals surface area contributed by atoms with Gasteiger partial charge in [0, 0.05) is 57.4 Å². The van der Waals surface area contributed by atoms with E-state index in [9.17, 15) is 9.18 Å². The number of fused-ring (bicyclic) bond motifs is 1. The van der Waals surface area contributed by atoms with Crippen molar-refractivity contribution in [3.05, 3.63) is 65.9 Å². The van der Waals surface area contributed by atoms with Gasteiger partial charge in [0.05, 0.1) is 11.1 Å². The van der Waals surface area contributed by atoms with Crippen molar-refractivity contribution in [2.75, 3.05) is 37.4 Å². The van der Waals surface area contributed by atoms with Crippen LogP contribution in [0, 0.1) is 18.6 Å². The molecule has 0 radical (unpaired) electrons. The zero-order valence-corrected chi connectivity index (χ0v) is 20.2. The van der Waals surface area contributed by atoms with Gasteiger partial charge in [0.25, 0.3) is 5.91 Å². The minimum Gasteiger partial charge on any atom is -0.345 e. The maximum atomic E-state index is 15.1. The van der Waals surface area contributed by atoms with Crippen molar-refractivity contribution in [3.63, 3.8) is 0 Å². The molecule has 9 nitrogen and oxygen atoms in total. The Bertz CT molecular complexity index is 1410. The van der Waals surface area contributed by atoms with E-state index in [-0.39, 0.29) is 34.4 Å². The van der Waals surface area contributed by atoms with Gasteiger partial charge in [-0.25, -0.2) is 28.7 Å².